The lowest BCUT2D eigenvalue weighted by Gasteiger charge is -2.25. The third-order valence-electron chi connectivity index (χ3n) is 5.63. The van der Waals surface area contributed by atoms with E-state index in [4.69, 9.17) is 9.15 Å². The summed E-state index contributed by atoms with van der Waals surface area (Å²) in [4.78, 5) is 13.2. The van der Waals surface area contributed by atoms with Crippen molar-refractivity contribution in [3.8, 4) is 5.75 Å². The molecule has 0 spiro atoms. The van der Waals surface area contributed by atoms with E-state index in [0.29, 0.717) is 17.0 Å². The van der Waals surface area contributed by atoms with Gasteiger partial charge in [0.25, 0.3) is 10.0 Å². The van der Waals surface area contributed by atoms with Gasteiger partial charge in [0.1, 0.15) is 23.5 Å². The predicted molar refractivity (Wildman–Crippen MR) is 136 cm³/mol. The molecule has 0 saturated carbocycles. The smallest absolute Gasteiger partial charge is 0.264 e. The second-order valence-electron chi connectivity index (χ2n) is 7.85. The number of rotatable bonds is 7. The molecule has 0 aliphatic heterocycles. The molecule has 5 aromatic rings. The minimum absolute atomic E-state index is 0.0717. The van der Waals surface area contributed by atoms with Gasteiger partial charge in [-0.3, -0.25) is 9.10 Å². The second kappa shape index (κ2) is 9.15. The number of furan rings is 1. The summed E-state index contributed by atoms with van der Waals surface area (Å²) in [6.07, 6.45) is 0. The molecule has 0 aliphatic carbocycles. The highest BCUT2D eigenvalue weighted by Crippen LogP contribution is 2.33. The molecule has 0 fully saturated rings. The number of nitrogens with zero attached hydrogens (tertiary/aromatic N) is 1. The number of methoxy groups -OCH3 is 1. The fourth-order valence-corrected chi connectivity index (χ4v) is 5.44. The number of sulfonamides is 1. The normalized spacial score (nSPS) is 11.5. The average molecular weight is 487 g/mol. The first-order valence-electron chi connectivity index (χ1n) is 10.9. The Balaban J connectivity index is 1.47. The van der Waals surface area contributed by atoms with Gasteiger partial charge in [0.05, 0.1) is 17.7 Å². The van der Waals surface area contributed by atoms with Crippen LogP contribution in [-0.2, 0) is 14.8 Å². The number of carbonyl (C=O) groups is 1. The minimum atomic E-state index is -4.05. The van der Waals surface area contributed by atoms with Crippen LogP contribution in [0.25, 0.3) is 21.9 Å². The van der Waals surface area contributed by atoms with Gasteiger partial charge in [0.2, 0.25) is 5.91 Å². The molecule has 0 aliphatic rings. The number of hydrogen-bond donors (Lipinski definition) is 1. The van der Waals surface area contributed by atoms with E-state index in [-0.39, 0.29) is 10.6 Å². The minimum Gasteiger partial charge on any atom is -0.495 e. The van der Waals surface area contributed by atoms with Gasteiger partial charge in [-0.1, -0.05) is 48.5 Å². The molecule has 8 heteroatoms. The first-order chi connectivity index (χ1) is 17.0. The molecule has 0 bridgehead atoms. The van der Waals surface area contributed by atoms with Crippen molar-refractivity contribution in [2.24, 2.45) is 0 Å². The van der Waals surface area contributed by atoms with E-state index in [9.17, 15) is 13.2 Å². The van der Waals surface area contributed by atoms with Crippen molar-refractivity contribution < 1.29 is 22.4 Å². The third-order valence-corrected chi connectivity index (χ3v) is 7.41. The van der Waals surface area contributed by atoms with Crippen molar-refractivity contribution in [3.05, 3.63) is 97.1 Å². The van der Waals surface area contributed by atoms with E-state index in [2.05, 4.69) is 5.32 Å². The van der Waals surface area contributed by atoms with Gasteiger partial charge in [-0.2, -0.15) is 0 Å². The Kier molecular flexibility index (Phi) is 5.88. The monoisotopic (exact) mass is 486 g/mol. The van der Waals surface area contributed by atoms with Crippen molar-refractivity contribution in [3.63, 3.8) is 0 Å². The van der Waals surface area contributed by atoms with Gasteiger partial charge in [0.15, 0.2) is 0 Å². The Hall–Kier alpha value is -4.30. The number of ether oxygens (including phenoxy) is 1. The maximum atomic E-state index is 13.5. The van der Waals surface area contributed by atoms with Gasteiger partial charge >= 0.3 is 0 Å². The molecule has 1 N–H and O–H groups in total. The van der Waals surface area contributed by atoms with E-state index in [0.717, 1.165) is 20.7 Å². The van der Waals surface area contributed by atoms with E-state index >= 15 is 0 Å². The molecule has 5 rings (SSSR count). The van der Waals surface area contributed by atoms with Crippen LogP contribution >= 0.6 is 0 Å². The molecule has 0 unspecified atom stereocenters. The van der Waals surface area contributed by atoms with Crippen LogP contribution in [0.1, 0.15) is 0 Å². The lowest BCUT2D eigenvalue weighted by molar-refractivity contribution is -0.114. The third kappa shape index (κ3) is 4.31. The largest absolute Gasteiger partial charge is 0.495 e. The summed E-state index contributed by atoms with van der Waals surface area (Å²) in [5.74, 6) is -0.172. The Morgan fingerprint density at radius 1 is 0.857 bits per heavy atom. The lowest BCUT2D eigenvalue weighted by atomic mass is 10.1. The fraction of sp³-hybridized carbons (Fsp3) is 0.0741. The number of fused-ring (bicyclic) bond motifs is 3. The molecule has 7 nitrogen and oxygen atoms in total. The van der Waals surface area contributed by atoms with Gasteiger partial charge in [-0.05, 0) is 42.5 Å². The molecule has 1 aromatic heterocycles. The predicted octanol–water partition coefficient (Wildman–Crippen LogP) is 5.43. The highest BCUT2D eigenvalue weighted by molar-refractivity contribution is 7.92. The molecule has 0 saturated heterocycles. The summed E-state index contributed by atoms with van der Waals surface area (Å²) in [6.45, 7) is -0.449. The Morgan fingerprint density at radius 2 is 1.54 bits per heavy atom. The zero-order chi connectivity index (χ0) is 24.4. The molecular formula is C27H22N2O5S. The van der Waals surface area contributed by atoms with Gasteiger partial charge in [-0.15, -0.1) is 0 Å². The number of carbonyl (C=O) groups excluding carboxylic acids is 1. The summed E-state index contributed by atoms with van der Waals surface area (Å²) in [6, 6.07) is 27.7. The maximum absolute atomic E-state index is 13.5. The standard InChI is InChI=1S/C27H22N2O5S/c1-33-25-14-8-6-12-23(25)29(35(31,32)20-9-3-2-4-10-20)18-27(30)28-19-15-16-22-21-11-5-7-13-24(21)34-26(22)17-19/h2-17H,18H2,1H3,(H,28,30). The van der Waals surface area contributed by atoms with E-state index < -0.39 is 22.5 Å². The Morgan fingerprint density at radius 3 is 2.34 bits per heavy atom. The maximum Gasteiger partial charge on any atom is 0.264 e. The first kappa shape index (κ1) is 22.5. The molecule has 1 amide bonds. The van der Waals surface area contributed by atoms with Crippen LogP contribution in [0.3, 0.4) is 0 Å². The van der Waals surface area contributed by atoms with Crippen LogP contribution in [0.5, 0.6) is 5.75 Å². The molecule has 0 radical (unpaired) electrons. The second-order valence-corrected chi connectivity index (χ2v) is 9.72. The number of benzene rings is 4. The van der Waals surface area contributed by atoms with Gasteiger partial charge in [0, 0.05) is 22.5 Å². The van der Waals surface area contributed by atoms with E-state index in [1.165, 1.54) is 19.2 Å². The van der Waals surface area contributed by atoms with Crippen LogP contribution < -0.4 is 14.4 Å². The fourth-order valence-electron chi connectivity index (χ4n) is 3.99. The molecule has 4 aromatic carbocycles. The van der Waals surface area contributed by atoms with Crippen molar-refractivity contribution in [1.82, 2.24) is 0 Å². The average Bonchev–Trinajstić information content (AvgIpc) is 3.25. The van der Waals surface area contributed by atoms with E-state index in [1.54, 1.807) is 54.6 Å². The highest BCUT2D eigenvalue weighted by atomic mass is 32.2. The Bertz CT molecular complexity index is 1630. The SMILES string of the molecule is COc1ccccc1N(CC(=O)Nc1ccc2c(c1)oc1ccccc12)S(=O)(=O)c1ccccc1. The number of para-hydroxylation sites is 3. The van der Waals surface area contributed by atoms with Crippen LogP contribution in [0, 0.1) is 0 Å². The zero-order valence-corrected chi connectivity index (χ0v) is 19.7. The van der Waals surface area contributed by atoms with Crippen molar-refractivity contribution in [2.45, 2.75) is 4.90 Å². The quantitative estimate of drug-likeness (QED) is 0.331. The highest BCUT2D eigenvalue weighted by Gasteiger charge is 2.29. The molecule has 35 heavy (non-hydrogen) atoms. The van der Waals surface area contributed by atoms with Crippen molar-refractivity contribution >= 4 is 49.2 Å². The lowest BCUT2D eigenvalue weighted by Crippen LogP contribution is -2.38. The Labute approximate surface area is 202 Å². The van der Waals surface area contributed by atoms with Gasteiger partial charge < -0.3 is 14.5 Å². The van der Waals surface area contributed by atoms with Crippen LogP contribution in [0.2, 0.25) is 0 Å². The van der Waals surface area contributed by atoms with Crippen molar-refractivity contribution in [2.75, 3.05) is 23.3 Å². The number of amides is 1. The van der Waals surface area contributed by atoms with E-state index in [1.807, 2.05) is 30.3 Å². The van der Waals surface area contributed by atoms with Crippen molar-refractivity contribution in [1.29, 1.82) is 0 Å². The first-order valence-corrected chi connectivity index (χ1v) is 12.3. The molecule has 0 atom stereocenters. The summed E-state index contributed by atoms with van der Waals surface area (Å²) >= 11 is 0. The van der Waals surface area contributed by atoms with Crippen LogP contribution in [-0.4, -0.2) is 28.0 Å². The summed E-state index contributed by atoms with van der Waals surface area (Å²) < 4.78 is 39.4. The number of hydrogen-bond acceptors (Lipinski definition) is 5. The summed E-state index contributed by atoms with van der Waals surface area (Å²) in [5.41, 5.74) is 2.14. The summed E-state index contributed by atoms with van der Waals surface area (Å²) in [5, 5.41) is 4.71. The number of nitrogens with one attached hydrogen (secondary N) is 1. The van der Waals surface area contributed by atoms with Gasteiger partial charge in [-0.25, -0.2) is 8.42 Å². The van der Waals surface area contributed by atoms with Crippen LogP contribution in [0.4, 0.5) is 11.4 Å². The van der Waals surface area contributed by atoms with Crippen LogP contribution in [0.15, 0.2) is 106 Å². The zero-order valence-electron chi connectivity index (χ0n) is 18.8. The number of anilines is 2. The topological polar surface area (TPSA) is 88.8 Å². The molecular weight excluding hydrogens is 464 g/mol. The molecule has 1 heterocycles. The summed E-state index contributed by atoms with van der Waals surface area (Å²) in [7, 11) is -2.60. The molecule has 176 valence electrons.